The van der Waals surface area contributed by atoms with Crippen molar-refractivity contribution in [2.75, 3.05) is 38.2 Å². The van der Waals surface area contributed by atoms with Crippen molar-refractivity contribution >= 4 is 23.3 Å². The number of aliphatic carboxylic acids is 1. The summed E-state index contributed by atoms with van der Waals surface area (Å²) >= 11 is 6.33. The minimum atomic E-state index is -1.07. The number of benzene rings is 2. The SMILES string of the molecule is CCC1CCCN1CC1COc2cc3c(cc2OC1)C1(CCC(Nc2cccc(Cl)c2)(C(=O)O)CC1)[C@@H](C[C@@H](C)COc1ccnc2c1[C@H](C)CCC2)C3. The Hall–Kier alpha value is -3.49. The number of rotatable bonds is 11. The van der Waals surface area contributed by atoms with Gasteiger partial charge in [0.1, 0.15) is 11.3 Å². The first-order valence-electron chi connectivity index (χ1n) is 20.7. The monoisotopic (exact) mass is 755 g/mol. The Morgan fingerprint density at radius 1 is 1.09 bits per heavy atom. The van der Waals surface area contributed by atoms with Crippen LogP contribution in [0.3, 0.4) is 0 Å². The second-order valence-electron chi connectivity index (χ2n) is 17.3. The molecule has 1 saturated heterocycles. The minimum absolute atomic E-state index is 0.170. The van der Waals surface area contributed by atoms with Crippen molar-refractivity contribution < 1.29 is 24.1 Å². The van der Waals surface area contributed by atoms with Gasteiger partial charge in [-0.3, -0.25) is 9.88 Å². The van der Waals surface area contributed by atoms with Crippen LogP contribution in [0.15, 0.2) is 48.7 Å². The molecule has 3 heterocycles. The van der Waals surface area contributed by atoms with Gasteiger partial charge < -0.3 is 24.6 Å². The van der Waals surface area contributed by atoms with Crippen molar-refractivity contribution in [3.8, 4) is 17.2 Å². The summed E-state index contributed by atoms with van der Waals surface area (Å²) in [6.07, 6.45) is 13.5. The molecule has 2 unspecified atom stereocenters. The van der Waals surface area contributed by atoms with Crippen molar-refractivity contribution in [3.05, 3.63) is 76.1 Å². The normalized spacial score (nSPS) is 29.6. The second-order valence-corrected chi connectivity index (χ2v) is 17.8. The van der Waals surface area contributed by atoms with Crippen molar-refractivity contribution in [3.63, 3.8) is 0 Å². The molecule has 2 aromatic carbocycles. The van der Waals surface area contributed by atoms with Gasteiger partial charge in [0.05, 0.1) is 19.8 Å². The Balaban J connectivity index is 1.04. The molecule has 1 saturated carbocycles. The van der Waals surface area contributed by atoms with E-state index >= 15 is 0 Å². The molecule has 5 atom stereocenters. The van der Waals surface area contributed by atoms with Gasteiger partial charge in [-0.1, -0.05) is 38.4 Å². The molecule has 9 heteroatoms. The zero-order valence-corrected chi connectivity index (χ0v) is 33.1. The average molecular weight is 756 g/mol. The summed E-state index contributed by atoms with van der Waals surface area (Å²) in [6, 6.07) is 14.7. The summed E-state index contributed by atoms with van der Waals surface area (Å²) in [4.78, 5) is 20.4. The Labute approximate surface area is 326 Å². The predicted molar refractivity (Wildman–Crippen MR) is 213 cm³/mol. The summed E-state index contributed by atoms with van der Waals surface area (Å²) in [6.45, 7) is 11.0. The van der Waals surface area contributed by atoms with E-state index in [4.69, 9.17) is 30.8 Å². The van der Waals surface area contributed by atoms with E-state index in [0.717, 1.165) is 68.1 Å². The zero-order chi connectivity index (χ0) is 37.5. The van der Waals surface area contributed by atoms with Crippen LogP contribution < -0.4 is 19.5 Å². The van der Waals surface area contributed by atoms with E-state index in [1.54, 1.807) is 0 Å². The Morgan fingerprint density at radius 2 is 1.89 bits per heavy atom. The number of fused-ring (bicyclic) bond motifs is 4. The molecule has 0 radical (unpaired) electrons. The number of aryl methyl sites for hydroxylation is 1. The fourth-order valence-electron chi connectivity index (χ4n) is 10.8. The number of hydrogen-bond acceptors (Lipinski definition) is 7. The van der Waals surface area contributed by atoms with Gasteiger partial charge in [-0.05, 0) is 154 Å². The van der Waals surface area contributed by atoms with Gasteiger partial charge in [0.25, 0.3) is 0 Å². The van der Waals surface area contributed by atoms with Crippen LogP contribution in [0.4, 0.5) is 5.69 Å². The quantitative estimate of drug-likeness (QED) is 0.200. The standard InChI is InChI=1S/C45H58ClN3O5/c1-4-36-11-7-19-49(36)25-31-27-53-40-22-32-21-33(20-29(2)26-52-39-13-18-47-38-12-5-8-30(3)42(38)39)44(37(32)24-41(40)54-28-31)14-16-45(17-15-44,43(50)51)48-35-10-6-9-34(46)23-35/h6,9-10,13,18,22-24,29-31,33,36,48H,4-5,7-8,11-12,14-17,19-21,25-28H2,1-3H3,(H,50,51)/t29-,30-,31?,33+,36?,44?,45?/m1/s1. The molecule has 2 aliphatic heterocycles. The number of aromatic nitrogens is 1. The molecule has 8 rings (SSSR count). The smallest absolute Gasteiger partial charge is 0.329 e. The summed E-state index contributed by atoms with van der Waals surface area (Å²) in [5.41, 5.74) is 4.63. The van der Waals surface area contributed by atoms with Crippen molar-refractivity contribution in [1.29, 1.82) is 0 Å². The van der Waals surface area contributed by atoms with Gasteiger partial charge in [0.2, 0.25) is 0 Å². The number of likely N-dealkylation sites (tertiary alicyclic amines) is 1. The molecule has 3 aromatic rings. The maximum absolute atomic E-state index is 13.1. The van der Waals surface area contributed by atoms with Crippen LogP contribution in [0.5, 0.6) is 17.2 Å². The summed E-state index contributed by atoms with van der Waals surface area (Å²) in [5.74, 6) is 3.30. The van der Waals surface area contributed by atoms with Crippen LogP contribution in [0, 0.1) is 17.8 Å². The molecule has 290 valence electrons. The summed E-state index contributed by atoms with van der Waals surface area (Å²) < 4.78 is 19.8. The fourth-order valence-corrected chi connectivity index (χ4v) is 11.0. The van der Waals surface area contributed by atoms with Gasteiger partial charge in [-0.15, -0.1) is 0 Å². The maximum atomic E-state index is 13.1. The van der Waals surface area contributed by atoms with E-state index in [9.17, 15) is 9.90 Å². The van der Waals surface area contributed by atoms with Crippen LogP contribution >= 0.6 is 11.6 Å². The van der Waals surface area contributed by atoms with Gasteiger partial charge >= 0.3 is 5.97 Å². The molecular formula is C45H58ClN3O5. The van der Waals surface area contributed by atoms with E-state index in [1.165, 1.54) is 54.5 Å². The molecular weight excluding hydrogens is 698 g/mol. The first-order chi connectivity index (χ1) is 26.2. The highest BCUT2D eigenvalue weighted by Gasteiger charge is 2.54. The number of nitrogens with zero attached hydrogens (tertiary/aromatic N) is 2. The number of anilines is 1. The zero-order valence-electron chi connectivity index (χ0n) is 32.4. The number of pyridine rings is 1. The van der Waals surface area contributed by atoms with Crippen molar-refractivity contribution in [2.24, 2.45) is 17.8 Å². The average Bonchev–Trinajstić information content (AvgIpc) is 3.66. The molecule has 0 bridgehead atoms. The Kier molecular flexibility index (Phi) is 10.8. The van der Waals surface area contributed by atoms with Crippen LogP contribution in [0.2, 0.25) is 5.02 Å². The fraction of sp³-hybridized carbons (Fsp3) is 0.600. The molecule has 2 N–H and O–H groups in total. The number of nitrogens with one attached hydrogen (secondary N) is 1. The van der Waals surface area contributed by atoms with Gasteiger partial charge in [0.15, 0.2) is 11.5 Å². The van der Waals surface area contributed by atoms with Gasteiger partial charge in [-0.2, -0.15) is 0 Å². The first-order valence-corrected chi connectivity index (χ1v) is 21.1. The van der Waals surface area contributed by atoms with Crippen molar-refractivity contribution in [1.82, 2.24) is 9.88 Å². The highest BCUT2D eigenvalue weighted by Crippen LogP contribution is 2.58. The lowest BCUT2D eigenvalue weighted by Crippen LogP contribution is -2.53. The van der Waals surface area contributed by atoms with E-state index in [2.05, 4.69) is 43.1 Å². The minimum Gasteiger partial charge on any atom is -0.493 e. The molecule has 1 spiro atoms. The highest BCUT2D eigenvalue weighted by molar-refractivity contribution is 6.30. The first kappa shape index (κ1) is 37.4. The predicted octanol–water partition coefficient (Wildman–Crippen LogP) is 9.46. The van der Waals surface area contributed by atoms with Crippen LogP contribution in [0.25, 0.3) is 0 Å². The maximum Gasteiger partial charge on any atom is 0.329 e. The molecule has 5 aliphatic rings. The third kappa shape index (κ3) is 7.30. The Bertz CT molecular complexity index is 1820. The number of carboxylic acid groups (broad SMARTS) is 1. The largest absolute Gasteiger partial charge is 0.493 e. The van der Waals surface area contributed by atoms with Crippen LogP contribution in [0.1, 0.15) is 113 Å². The number of carbonyl (C=O) groups is 1. The van der Waals surface area contributed by atoms with E-state index in [-0.39, 0.29) is 5.41 Å². The lowest BCUT2D eigenvalue weighted by Gasteiger charge is -2.47. The molecule has 0 amide bonds. The van der Waals surface area contributed by atoms with Crippen molar-refractivity contribution in [2.45, 2.75) is 121 Å². The third-order valence-corrected chi connectivity index (χ3v) is 14.0. The van der Waals surface area contributed by atoms with Crippen LogP contribution in [-0.2, 0) is 23.1 Å². The summed E-state index contributed by atoms with van der Waals surface area (Å²) in [5, 5.41) is 14.7. The van der Waals surface area contributed by atoms with E-state index in [1.807, 2.05) is 36.5 Å². The number of carboxylic acids is 1. The van der Waals surface area contributed by atoms with Gasteiger partial charge in [-0.25, -0.2) is 4.79 Å². The van der Waals surface area contributed by atoms with Crippen LogP contribution in [-0.4, -0.2) is 65.5 Å². The molecule has 8 nitrogen and oxygen atoms in total. The number of ether oxygens (including phenoxy) is 3. The topological polar surface area (TPSA) is 93.2 Å². The number of hydrogen-bond donors (Lipinski definition) is 2. The molecule has 2 fully saturated rings. The summed E-state index contributed by atoms with van der Waals surface area (Å²) in [7, 11) is 0. The molecule has 1 aromatic heterocycles. The van der Waals surface area contributed by atoms with Gasteiger partial charge in [0, 0.05) is 46.7 Å². The Morgan fingerprint density at radius 3 is 2.65 bits per heavy atom. The molecule has 3 aliphatic carbocycles. The van der Waals surface area contributed by atoms with E-state index in [0.29, 0.717) is 67.4 Å². The molecule has 54 heavy (non-hydrogen) atoms. The lowest BCUT2D eigenvalue weighted by atomic mass is 9.59. The number of halogens is 1. The highest BCUT2D eigenvalue weighted by atomic mass is 35.5. The third-order valence-electron chi connectivity index (χ3n) is 13.8. The van der Waals surface area contributed by atoms with E-state index < -0.39 is 11.5 Å². The lowest BCUT2D eigenvalue weighted by molar-refractivity contribution is -0.144. The second kappa shape index (κ2) is 15.6.